The zero-order valence-electron chi connectivity index (χ0n) is 13.8. The third-order valence-corrected chi connectivity index (χ3v) is 4.73. The lowest BCUT2D eigenvalue weighted by Gasteiger charge is -2.25. The monoisotopic (exact) mass is 333 g/mol. The van der Waals surface area contributed by atoms with Gasteiger partial charge in [0.25, 0.3) is 5.91 Å². The summed E-state index contributed by atoms with van der Waals surface area (Å²) in [7, 11) is 3.47. The molecule has 1 atom stereocenters. The number of hydrogen-bond donors (Lipinski definition) is 1. The van der Waals surface area contributed by atoms with Crippen LogP contribution in [0.4, 0.5) is 0 Å². The minimum absolute atomic E-state index is 0.0402. The summed E-state index contributed by atoms with van der Waals surface area (Å²) in [6.07, 6.45) is 1.43. The average molecular weight is 333 g/mol. The molecule has 1 aromatic carbocycles. The van der Waals surface area contributed by atoms with Crippen LogP contribution in [0.15, 0.2) is 29.6 Å². The topological polar surface area (TPSA) is 68.5 Å². The molecule has 6 heteroatoms. The molecule has 0 aliphatic heterocycles. The van der Waals surface area contributed by atoms with E-state index in [0.29, 0.717) is 18.7 Å². The van der Waals surface area contributed by atoms with Gasteiger partial charge >= 0.3 is 0 Å². The molecule has 5 nitrogen and oxygen atoms in total. The van der Waals surface area contributed by atoms with Gasteiger partial charge in [-0.05, 0) is 31.5 Å². The Labute approximate surface area is 141 Å². The van der Waals surface area contributed by atoms with Gasteiger partial charge in [-0.15, -0.1) is 11.3 Å². The molecule has 0 saturated carbocycles. The van der Waals surface area contributed by atoms with E-state index < -0.39 is 0 Å². The number of nitrogens with two attached hydrogens (primary N) is 1. The summed E-state index contributed by atoms with van der Waals surface area (Å²) in [5.74, 6) is 0.783. The lowest BCUT2D eigenvalue weighted by atomic mass is 10.0. The Balaban J connectivity index is 2.05. The lowest BCUT2D eigenvalue weighted by molar-refractivity contribution is 0.0737. The normalized spacial score (nSPS) is 12.0. The number of hydrogen-bond acceptors (Lipinski definition) is 5. The number of aromatic nitrogens is 1. The maximum absolute atomic E-state index is 12.6. The van der Waals surface area contributed by atoms with Crippen molar-refractivity contribution in [2.45, 2.75) is 25.8 Å². The van der Waals surface area contributed by atoms with Gasteiger partial charge in [0.15, 0.2) is 0 Å². The first-order valence-corrected chi connectivity index (χ1v) is 8.48. The minimum Gasteiger partial charge on any atom is -0.496 e. The van der Waals surface area contributed by atoms with Gasteiger partial charge in [-0.3, -0.25) is 4.79 Å². The maximum Gasteiger partial charge on any atom is 0.273 e. The second kappa shape index (κ2) is 8.08. The standard InChI is InChI=1S/C17H23N3O2S/c1-12(10-13-6-4-5-7-15(13)22-3)20(2)17(21)14-11-23-16(19-14)8-9-18/h4-7,11-12H,8-10,18H2,1-3H3. The molecule has 2 N–H and O–H groups in total. The molecule has 2 rings (SSSR count). The number of likely N-dealkylation sites (N-methyl/N-ethyl adjacent to an activating group) is 1. The van der Waals surface area contributed by atoms with Crippen LogP contribution in [-0.4, -0.2) is 42.5 Å². The first-order valence-electron chi connectivity index (χ1n) is 7.60. The zero-order valence-corrected chi connectivity index (χ0v) is 14.6. The number of carbonyl (C=O) groups excluding carboxylic acids is 1. The molecule has 0 saturated heterocycles. The largest absolute Gasteiger partial charge is 0.496 e. The molecular weight excluding hydrogens is 310 g/mol. The van der Waals surface area contributed by atoms with Crippen molar-refractivity contribution in [2.75, 3.05) is 20.7 Å². The highest BCUT2D eigenvalue weighted by Gasteiger charge is 2.21. The number of nitrogens with zero attached hydrogens (tertiary/aromatic N) is 2. The van der Waals surface area contributed by atoms with Gasteiger partial charge in [0, 0.05) is 24.9 Å². The molecule has 23 heavy (non-hydrogen) atoms. The molecule has 0 bridgehead atoms. The molecule has 0 fully saturated rings. The molecule has 1 unspecified atom stereocenters. The summed E-state index contributed by atoms with van der Waals surface area (Å²) in [5.41, 5.74) is 7.11. The highest BCUT2D eigenvalue weighted by molar-refractivity contribution is 7.09. The van der Waals surface area contributed by atoms with E-state index in [0.717, 1.165) is 22.7 Å². The van der Waals surface area contributed by atoms with E-state index in [1.54, 1.807) is 17.4 Å². The maximum atomic E-state index is 12.6. The number of para-hydroxylation sites is 1. The lowest BCUT2D eigenvalue weighted by Crippen LogP contribution is -2.36. The second-order valence-corrected chi connectivity index (χ2v) is 6.39. The second-order valence-electron chi connectivity index (χ2n) is 5.45. The van der Waals surface area contributed by atoms with Crippen molar-refractivity contribution in [1.29, 1.82) is 0 Å². The Morgan fingerprint density at radius 2 is 2.17 bits per heavy atom. The summed E-state index contributed by atoms with van der Waals surface area (Å²) in [6, 6.07) is 7.92. The van der Waals surface area contributed by atoms with Crippen molar-refractivity contribution < 1.29 is 9.53 Å². The number of carbonyl (C=O) groups is 1. The van der Waals surface area contributed by atoms with Crippen LogP contribution in [0.25, 0.3) is 0 Å². The Hall–Kier alpha value is -1.92. The third-order valence-electron chi connectivity index (χ3n) is 3.82. The predicted octanol–water partition coefficient (Wildman–Crippen LogP) is 2.36. The van der Waals surface area contributed by atoms with Gasteiger partial charge in [0.05, 0.1) is 12.1 Å². The van der Waals surface area contributed by atoms with Crippen LogP contribution in [0.3, 0.4) is 0 Å². The van der Waals surface area contributed by atoms with Gasteiger partial charge in [0.1, 0.15) is 11.4 Å². The molecule has 2 aromatic rings. The van der Waals surface area contributed by atoms with E-state index in [4.69, 9.17) is 10.5 Å². The van der Waals surface area contributed by atoms with Crippen molar-refractivity contribution >= 4 is 17.2 Å². The highest BCUT2D eigenvalue weighted by atomic mass is 32.1. The van der Waals surface area contributed by atoms with Crippen molar-refractivity contribution in [3.8, 4) is 5.75 Å². The molecule has 0 spiro atoms. The van der Waals surface area contributed by atoms with E-state index in [-0.39, 0.29) is 11.9 Å². The fourth-order valence-corrected chi connectivity index (χ4v) is 3.14. The number of methoxy groups -OCH3 is 1. The summed E-state index contributed by atoms with van der Waals surface area (Å²) in [4.78, 5) is 18.7. The van der Waals surface area contributed by atoms with Crippen LogP contribution < -0.4 is 10.5 Å². The van der Waals surface area contributed by atoms with Crippen LogP contribution >= 0.6 is 11.3 Å². The molecule has 0 aliphatic carbocycles. The molecule has 0 radical (unpaired) electrons. The zero-order chi connectivity index (χ0) is 16.8. The minimum atomic E-state index is -0.0630. The summed E-state index contributed by atoms with van der Waals surface area (Å²) >= 11 is 1.48. The number of amides is 1. The molecule has 1 amide bonds. The van der Waals surface area contributed by atoms with Gasteiger partial charge in [-0.2, -0.15) is 0 Å². The van der Waals surface area contributed by atoms with Crippen LogP contribution in [0, 0.1) is 0 Å². The van der Waals surface area contributed by atoms with Crippen molar-refractivity contribution in [2.24, 2.45) is 5.73 Å². The molecular formula is C17H23N3O2S. The fourth-order valence-electron chi connectivity index (χ4n) is 2.36. The summed E-state index contributed by atoms with van der Waals surface area (Å²) in [6.45, 7) is 2.57. The van der Waals surface area contributed by atoms with E-state index in [9.17, 15) is 4.79 Å². The number of benzene rings is 1. The Morgan fingerprint density at radius 1 is 1.43 bits per heavy atom. The first kappa shape index (κ1) is 17.4. The Morgan fingerprint density at radius 3 is 2.87 bits per heavy atom. The fraction of sp³-hybridized carbons (Fsp3) is 0.412. The van der Waals surface area contributed by atoms with Crippen molar-refractivity contribution in [3.63, 3.8) is 0 Å². The van der Waals surface area contributed by atoms with E-state index in [1.165, 1.54) is 11.3 Å². The molecule has 1 aromatic heterocycles. The molecule has 124 valence electrons. The Bertz CT molecular complexity index is 657. The van der Waals surface area contributed by atoms with Crippen LogP contribution in [0.5, 0.6) is 5.75 Å². The SMILES string of the molecule is COc1ccccc1CC(C)N(C)C(=O)c1csc(CCN)n1. The van der Waals surface area contributed by atoms with Crippen molar-refractivity contribution in [1.82, 2.24) is 9.88 Å². The third kappa shape index (κ3) is 4.30. The van der Waals surface area contributed by atoms with Crippen LogP contribution in [-0.2, 0) is 12.8 Å². The van der Waals surface area contributed by atoms with Gasteiger partial charge in [-0.25, -0.2) is 4.98 Å². The average Bonchev–Trinajstić information content (AvgIpc) is 3.03. The smallest absolute Gasteiger partial charge is 0.273 e. The van der Waals surface area contributed by atoms with Crippen LogP contribution in [0.1, 0.15) is 28.0 Å². The quantitative estimate of drug-likeness (QED) is 0.844. The van der Waals surface area contributed by atoms with Crippen molar-refractivity contribution in [3.05, 3.63) is 45.9 Å². The Kier molecular flexibility index (Phi) is 6.12. The highest BCUT2D eigenvalue weighted by Crippen LogP contribution is 2.21. The number of ether oxygens (including phenoxy) is 1. The van der Waals surface area contributed by atoms with E-state index in [2.05, 4.69) is 4.98 Å². The summed E-state index contributed by atoms with van der Waals surface area (Å²) < 4.78 is 5.38. The van der Waals surface area contributed by atoms with Gasteiger partial charge in [-0.1, -0.05) is 18.2 Å². The number of rotatable bonds is 7. The van der Waals surface area contributed by atoms with Gasteiger partial charge < -0.3 is 15.4 Å². The van der Waals surface area contributed by atoms with Crippen LogP contribution in [0.2, 0.25) is 0 Å². The summed E-state index contributed by atoms with van der Waals surface area (Å²) in [5, 5.41) is 2.71. The van der Waals surface area contributed by atoms with E-state index >= 15 is 0 Å². The predicted molar refractivity (Wildman–Crippen MR) is 93.1 cm³/mol. The molecule has 1 heterocycles. The van der Waals surface area contributed by atoms with Gasteiger partial charge in [0.2, 0.25) is 0 Å². The molecule has 0 aliphatic rings. The number of thiazole rings is 1. The first-order chi connectivity index (χ1) is 11.1. The van der Waals surface area contributed by atoms with E-state index in [1.807, 2.05) is 38.2 Å².